The topological polar surface area (TPSA) is 12.4 Å². The van der Waals surface area contributed by atoms with E-state index in [1.165, 1.54) is 42.5 Å². The molecule has 2 unspecified atom stereocenters. The first-order valence-corrected chi connectivity index (χ1v) is 9.07. The molecule has 0 amide bonds. The van der Waals surface area contributed by atoms with Gasteiger partial charge in [0, 0.05) is 11.9 Å². The Labute approximate surface area is 138 Å². The fourth-order valence-electron chi connectivity index (χ4n) is 3.36. The zero-order chi connectivity index (χ0) is 16.5. The van der Waals surface area contributed by atoms with Crippen LogP contribution < -0.4 is 0 Å². The molecule has 2 atom stereocenters. The van der Waals surface area contributed by atoms with Gasteiger partial charge in [0.1, 0.15) is 0 Å². The first-order chi connectivity index (χ1) is 10.5. The molecule has 22 heavy (non-hydrogen) atoms. The molecule has 0 spiro atoms. The van der Waals surface area contributed by atoms with Crippen molar-refractivity contribution < 1.29 is 0 Å². The maximum absolute atomic E-state index is 4.67. The summed E-state index contributed by atoms with van der Waals surface area (Å²) < 4.78 is 0. The molecular formula is C21H35N. The molecule has 1 heteroatoms. The molecule has 0 N–H and O–H groups in total. The van der Waals surface area contributed by atoms with Crippen LogP contribution in [0.1, 0.15) is 80.1 Å². The molecule has 0 saturated heterocycles. The highest BCUT2D eigenvalue weighted by Crippen LogP contribution is 2.28. The lowest BCUT2D eigenvalue weighted by Crippen LogP contribution is -2.15. The fourth-order valence-corrected chi connectivity index (χ4v) is 3.36. The van der Waals surface area contributed by atoms with Gasteiger partial charge in [-0.25, -0.2) is 0 Å². The summed E-state index contributed by atoms with van der Waals surface area (Å²) >= 11 is 0. The summed E-state index contributed by atoms with van der Waals surface area (Å²) in [5, 5.41) is 0. The predicted octanol–water partition coefficient (Wildman–Crippen LogP) is 6.87. The second-order valence-electron chi connectivity index (χ2n) is 6.74. The van der Waals surface area contributed by atoms with Crippen molar-refractivity contribution in [1.82, 2.24) is 0 Å². The van der Waals surface area contributed by atoms with Crippen LogP contribution in [0.2, 0.25) is 0 Å². The van der Waals surface area contributed by atoms with E-state index in [9.17, 15) is 0 Å². The van der Waals surface area contributed by atoms with Gasteiger partial charge in [0.2, 0.25) is 0 Å². The van der Waals surface area contributed by atoms with Crippen LogP contribution >= 0.6 is 0 Å². The smallest absolute Gasteiger partial charge is 0.0256 e. The molecule has 0 saturated carbocycles. The molecule has 124 valence electrons. The van der Waals surface area contributed by atoms with Gasteiger partial charge in [-0.05, 0) is 76.7 Å². The van der Waals surface area contributed by atoms with Crippen LogP contribution in [-0.2, 0) is 0 Å². The Morgan fingerprint density at radius 1 is 1.27 bits per heavy atom. The minimum atomic E-state index is 0.623. The highest BCUT2D eigenvalue weighted by atomic mass is 14.7. The van der Waals surface area contributed by atoms with Gasteiger partial charge in [-0.3, -0.25) is 4.99 Å². The number of nitrogens with zero attached hydrogens (tertiary/aromatic N) is 1. The third-order valence-corrected chi connectivity index (χ3v) is 5.10. The van der Waals surface area contributed by atoms with Crippen molar-refractivity contribution >= 4 is 5.71 Å². The van der Waals surface area contributed by atoms with E-state index in [1.807, 2.05) is 0 Å². The summed E-state index contributed by atoms with van der Waals surface area (Å²) in [6.07, 6.45) is 13.8. The zero-order valence-corrected chi connectivity index (χ0v) is 15.6. The molecule has 0 aromatic heterocycles. The van der Waals surface area contributed by atoms with Gasteiger partial charge < -0.3 is 0 Å². The second kappa shape index (κ2) is 9.82. The lowest BCUT2D eigenvalue weighted by molar-refractivity contribution is 0.483. The van der Waals surface area contributed by atoms with E-state index in [0.717, 1.165) is 18.8 Å². The maximum Gasteiger partial charge on any atom is 0.0256 e. The average molecular weight is 302 g/mol. The number of allylic oxidation sites excluding steroid dienone is 5. The van der Waals surface area contributed by atoms with Crippen LogP contribution in [0, 0.1) is 11.8 Å². The Bertz CT molecular complexity index is 462. The average Bonchev–Trinajstić information content (AvgIpc) is 2.53. The minimum absolute atomic E-state index is 0.623. The molecule has 1 nitrogen and oxygen atoms in total. The van der Waals surface area contributed by atoms with E-state index in [2.05, 4.69) is 64.9 Å². The Morgan fingerprint density at radius 2 is 2.00 bits per heavy atom. The SMILES string of the molecule is C/C=C\C(CC)=C(/C)C(CC)CCC(C)C1=NC=C(C)CC1. The Balaban J connectivity index is 2.67. The molecule has 1 rings (SSSR count). The molecule has 0 radical (unpaired) electrons. The van der Waals surface area contributed by atoms with E-state index < -0.39 is 0 Å². The van der Waals surface area contributed by atoms with Gasteiger partial charge in [-0.2, -0.15) is 0 Å². The van der Waals surface area contributed by atoms with Gasteiger partial charge in [-0.1, -0.05) is 44.1 Å². The van der Waals surface area contributed by atoms with E-state index in [4.69, 9.17) is 0 Å². The van der Waals surface area contributed by atoms with Crippen LogP contribution in [0.4, 0.5) is 0 Å². The summed E-state index contributed by atoms with van der Waals surface area (Å²) in [4.78, 5) is 4.67. The van der Waals surface area contributed by atoms with Crippen LogP contribution in [0.15, 0.2) is 40.1 Å². The van der Waals surface area contributed by atoms with E-state index in [0.29, 0.717) is 5.92 Å². The predicted molar refractivity (Wildman–Crippen MR) is 100 cm³/mol. The van der Waals surface area contributed by atoms with Crippen molar-refractivity contribution in [1.29, 1.82) is 0 Å². The summed E-state index contributed by atoms with van der Waals surface area (Å²) in [6.45, 7) is 13.6. The molecular weight excluding hydrogens is 266 g/mol. The normalized spacial score (nSPS) is 19.5. The van der Waals surface area contributed by atoms with Crippen molar-refractivity contribution in [2.24, 2.45) is 16.8 Å². The molecule has 1 aliphatic heterocycles. The second-order valence-corrected chi connectivity index (χ2v) is 6.74. The van der Waals surface area contributed by atoms with Crippen molar-refractivity contribution in [3.8, 4) is 0 Å². The summed E-state index contributed by atoms with van der Waals surface area (Å²) in [5.74, 6) is 1.34. The first kappa shape index (κ1) is 18.9. The van der Waals surface area contributed by atoms with E-state index in [1.54, 1.807) is 5.57 Å². The van der Waals surface area contributed by atoms with Gasteiger partial charge in [0.15, 0.2) is 0 Å². The Kier molecular flexibility index (Phi) is 8.45. The standard InChI is InChI=1S/C21H35N/c1-7-10-19(8-2)18(6)20(9-3)13-12-17(5)21-14-11-16(4)15-22-21/h7,10,15,17,20H,8-9,11-14H2,1-6H3/b10-7-,19-18+. The first-order valence-electron chi connectivity index (χ1n) is 9.07. The summed E-state index contributed by atoms with van der Waals surface area (Å²) in [5.41, 5.74) is 5.94. The molecule has 0 aromatic carbocycles. The largest absolute Gasteiger partial charge is 0.265 e. The van der Waals surface area contributed by atoms with Gasteiger partial charge >= 0.3 is 0 Å². The highest BCUT2D eigenvalue weighted by molar-refractivity contribution is 5.87. The van der Waals surface area contributed by atoms with Gasteiger partial charge in [0.05, 0.1) is 0 Å². The number of aliphatic imine (C=N–C) groups is 1. The third-order valence-electron chi connectivity index (χ3n) is 5.10. The molecule has 0 bridgehead atoms. The monoisotopic (exact) mass is 301 g/mol. The molecule has 0 aliphatic carbocycles. The number of rotatable bonds is 8. The highest BCUT2D eigenvalue weighted by Gasteiger charge is 2.17. The van der Waals surface area contributed by atoms with Crippen molar-refractivity contribution in [3.05, 3.63) is 35.1 Å². The lowest BCUT2D eigenvalue weighted by atomic mass is 9.84. The van der Waals surface area contributed by atoms with Crippen LogP contribution in [-0.4, -0.2) is 5.71 Å². The lowest BCUT2D eigenvalue weighted by Gasteiger charge is -2.22. The van der Waals surface area contributed by atoms with Gasteiger partial charge in [0.25, 0.3) is 0 Å². The van der Waals surface area contributed by atoms with Crippen LogP contribution in [0.25, 0.3) is 0 Å². The zero-order valence-electron chi connectivity index (χ0n) is 15.6. The molecule has 1 heterocycles. The summed E-state index contributed by atoms with van der Waals surface area (Å²) in [7, 11) is 0. The van der Waals surface area contributed by atoms with Crippen molar-refractivity contribution in [3.63, 3.8) is 0 Å². The van der Waals surface area contributed by atoms with Crippen molar-refractivity contribution in [2.75, 3.05) is 0 Å². The summed E-state index contributed by atoms with van der Waals surface area (Å²) in [6, 6.07) is 0. The molecule has 0 fully saturated rings. The minimum Gasteiger partial charge on any atom is -0.265 e. The molecule has 0 aromatic rings. The van der Waals surface area contributed by atoms with Gasteiger partial charge in [-0.15, -0.1) is 0 Å². The third kappa shape index (κ3) is 5.59. The Hall–Kier alpha value is -1.11. The van der Waals surface area contributed by atoms with E-state index in [-0.39, 0.29) is 0 Å². The fraction of sp³-hybridized carbons (Fsp3) is 0.667. The molecule has 1 aliphatic rings. The number of hydrogen-bond acceptors (Lipinski definition) is 1. The van der Waals surface area contributed by atoms with Crippen LogP contribution in [0.3, 0.4) is 0 Å². The van der Waals surface area contributed by atoms with Crippen LogP contribution in [0.5, 0.6) is 0 Å². The maximum atomic E-state index is 4.67. The van der Waals surface area contributed by atoms with Crippen molar-refractivity contribution in [2.45, 2.75) is 80.1 Å². The quantitative estimate of drug-likeness (QED) is 0.434. The van der Waals surface area contributed by atoms with E-state index >= 15 is 0 Å². The Morgan fingerprint density at radius 3 is 2.50 bits per heavy atom. The number of hydrogen-bond donors (Lipinski definition) is 0.